The number of aromatic amines is 1. The van der Waals surface area contributed by atoms with E-state index in [1.165, 1.54) is 5.69 Å². The molecule has 3 heterocycles. The van der Waals surface area contributed by atoms with Crippen LogP contribution < -0.4 is 5.56 Å². The van der Waals surface area contributed by atoms with Crippen LogP contribution in [0.1, 0.15) is 28.5 Å². The number of carboxylic acids is 1. The highest BCUT2D eigenvalue weighted by Gasteiger charge is 2.28. The van der Waals surface area contributed by atoms with E-state index in [1.807, 2.05) is 32.2 Å². The normalized spacial score (nSPS) is 14.1. The van der Waals surface area contributed by atoms with Crippen LogP contribution in [0, 0.1) is 0 Å². The number of aromatic nitrogens is 2. The zero-order valence-corrected chi connectivity index (χ0v) is 20.7. The van der Waals surface area contributed by atoms with Gasteiger partial charge in [0, 0.05) is 54.9 Å². The second-order valence-corrected chi connectivity index (χ2v) is 8.47. The largest absolute Gasteiger partial charge is 0.506 e. The van der Waals surface area contributed by atoms with Crippen LogP contribution in [-0.4, -0.2) is 68.8 Å². The van der Waals surface area contributed by atoms with E-state index in [4.69, 9.17) is 0 Å². The second kappa shape index (κ2) is 10.2. The van der Waals surface area contributed by atoms with E-state index in [0.717, 1.165) is 36.1 Å². The fourth-order valence-corrected chi connectivity index (χ4v) is 4.36. The number of rotatable bonds is 6. The molecule has 0 atom stereocenters. The molecule has 0 spiro atoms. The van der Waals surface area contributed by atoms with E-state index in [0.29, 0.717) is 23.7 Å². The predicted molar refractivity (Wildman–Crippen MR) is 134 cm³/mol. The number of pyridine rings is 1. The first kappa shape index (κ1) is 26.7. The number of nitrogens with zero attached hydrogens (tertiary/aromatic N) is 3. The Balaban J connectivity index is 0.00000193. The van der Waals surface area contributed by atoms with Crippen LogP contribution in [0.4, 0.5) is 0 Å². The van der Waals surface area contributed by atoms with Gasteiger partial charge in [-0.25, -0.2) is 4.79 Å². The predicted octanol–water partition coefficient (Wildman–Crippen LogP) is 3.09. The fourth-order valence-electron chi connectivity index (χ4n) is 4.36. The molecule has 33 heavy (non-hydrogen) atoms. The molecule has 1 aliphatic heterocycles. The summed E-state index contributed by atoms with van der Waals surface area (Å²) in [6.07, 6.45) is 0.387. The number of likely N-dealkylation sites (tertiary alicyclic amines) is 1. The topological polar surface area (TPSA) is 102 Å². The molecule has 1 aliphatic rings. The first-order valence-corrected chi connectivity index (χ1v) is 10.4. The molecule has 0 aliphatic carbocycles. The molecule has 180 valence electrons. The smallest absolute Gasteiger partial charge is 0.345 e. The van der Waals surface area contributed by atoms with Crippen molar-refractivity contribution in [1.82, 2.24) is 19.4 Å². The van der Waals surface area contributed by atoms with E-state index < -0.39 is 22.8 Å². The number of nitrogens with one attached hydrogen (secondary N) is 1. The van der Waals surface area contributed by atoms with Gasteiger partial charge < -0.3 is 24.7 Å². The minimum Gasteiger partial charge on any atom is -0.506 e. The lowest BCUT2D eigenvalue weighted by Crippen LogP contribution is -2.56. The molecule has 0 bridgehead atoms. The van der Waals surface area contributed by atoms with Crippen molar-refractivity contribution in [2.45, 2.75) is 25.9 Å². The zero-order valence-electron chi connectivity index (χ0n) is 19.1. The molecule has 2 aromatic heterocycles. The molecule has 10 heteroatoms. The minimum atomic E-state index is -1.44. The number of hydrogen-bond acceptors (Lipinski definition) is 5. The van der Waals surface area contributed by atoms with E-state index in [-0.39, 0.29) is 24.8 Å². The van der Waals surface area contributed by atoms with Crippen LogP contribution >= 0.6 is 24.8 Å². The van der Waals surface area contributed by atoms with Crippen molar-refractivity contribution in [1.29, 1.82) is 0 Å². The SMILES string of the molecule is CCc1c(-c2ccc3c(c2)cc(CN2CC(N(C)C)C2)n3C)[nH]c(=O)c(C(=O)O)c1O.Cl.Cl. The summed E-state index contributed by atoms with van der Waals surface area (Å²) in [5.41, 5.74) is 2.48. The number of H-pyrrole nitrogens is 1. The van der Waals surface area contributed by atoms with E-state index in [2.05, 4.69) is 39.5 Å². The molecule has 3 aromatic rings. The summed E-state index contributed by atoms with van der Waals surface area (Å²) >= 11 is 0. The summed E-state index contributed by atoms with van der Waals surface area (Å²) in [6, 6.07) is 8.61. The van der Waals surface area contributed by atoms with Crippen molar-refractivity contribution in [3.8, 4) is 17.0 Å². The molecule has 0 unspecified atom stereocenters. The van der Waals surface area contributed by atoms with Gasteiger partial charge >= 0.3 is 5.97 Å². The zero-order chi connectivity index (χ0) is 22.4. The van der Waals surface area contributed by atoms with Crippen LogP contribution in [0.2, 0.25) is 0 Å². The number of hydrogen-bond donors (Lipinski definition) is 3. The molecular formula is C23H30Cl2N4O4. The van der Waals surface area contributed by atoms with Crippen molar-refractivity contribution >= 4 is 41.7 Å². The molecule has 0 radical (unpaired) electrons. The molecule has 8 nitrogen and oxygen atoms in total. The first-order valence-electron chi connectivity index (χ1n) is 10.4. The highest BCUT2D eigenvalue weighted by Crippen LogP contribution is 2.32. The summed E-state index contributed by atoms with van der Waals surface area (Å²) in [4.78, 5) is 31.0. The van der Waals surface area contributed by atoms with Crippen LogP contribution in [-0.2, 0) is 20.0 Å². The lowest BCUT2D eigenvalue weighted by atomic mass is 9.99. The molecule has 1 aromatic carbocycles. The molecule has 1 fully saturated rings. The van der Waals surface area contributed by atoms with Crippen LogP contribution in [0.3, 0.4) is 0 Å². The van der Waals surface area contributed by atoms with Gasteiger partial charge in [-0.05, 0) is 44.3 Å². The summed E-state index contributed by atoms with van der Waals surface area (Å²) in [5.74, 6) is -1.90. The van der Waals surface area contributed by atoms with Crippen molar-refractivity contribution in [2.75, 3.05) is 27.2 Å². The number of fused-ring (bicyclic) bond motifs is 1. The Hall–Kier alpha value is -2.52. The number of carbonyl (C=O) groups is 1. The average molecular weight is 497 g/mol. The van der Waals surface area contributed by atoms with Gasteiger partial charge in [0.1, 0.15) is 5.75 Å². The van der Waals surface area contributed by atoms with Crippen molar-refractivity contribution in [2.24, 2.45) is 7.05 Å². The molecule has 0 amide bonds. The van der Waals surface area contributed by atoms with Gasteiger partial charge in [0.25, 0.3) is 5.56 Å². The Bertz CT molecular complexity index is 1230. The van der Waals surface area contributed by atoms with E-state index in [1.54, 1.807) is 0 Å². The van der Waals surface area contributed by atoms with Gasteiger partial charge in [-0.15, -0.1) is 24.8 Å². The van der Waals surface area contributed by atoms with Gasteiger partial charge in [-0.3, -0.25) is 9.69 Å². The van der Waals surface area contributed by atoms with Gasteiger partial charge in [0.2, 0.25) is 0 Å². The van der Waals surface area contributed by atoms with Crippen molar-refractivity contribution < 1.29 is 15.0 Å². The molecule has 0 saturated carbocycles. The summed E-state index contributed by atoms with van der Waals surface area (Å²) in [6.45, 7) is 4.79. The average Bonchev–Trinajstić information content (AvgIpc) is 2.98. The fraction of sp³-hybridized carbons (Fsp3) is 0.391. The third kappa shape index (κ3) is 4.75. The second-order valence-electron chi connectivity index (χ2n) is 8.47. The number of aryl methyl sites for hydroxylation is 1. The lowest BCUT2D eigenvalue weighted by molar-refractivity contribution is 0.0558. The van der Waals surface area contributed by atoms with Crippen molar-refractivity contribution in [3.05, 3.63) is 51.4 Å². The monoisotopic (exact) mass is 496 g/mol. The lowest BCUT2D eigenvalue weighted by Gasteiger charge is -2.42. The maximum atomic E-state index is 12.3. The Morgan fingerprint density at radius 2 is 1.88 bits per heavy atom. The molecule has 3 N–H and O–H groups in total. The Labute approximate surface area is 204 Å². The van der Waals surface area contributed by atoms with Crippen LogP contribution in [0.25, 0.3) is 22.2 Å². The number of halogens is 2. The van der Waals surface area contributed by atoms with Gasteiger partial charge in [0.05, 0.1) is 5.69 Å². The maximum Gasteiger partial charge on any atom is 0.345 e. The van der Waals surface area contributed by atoms with Gasteiger partial charge in [-0.2, -0.15) is 0 Å². The highest BCUT2D eigenvalue weighted by molar-refractivity contribution is 5.92. The van der Waals surface area contributed by atoms with Crippen molar-refractivity contribution in [3.63, 3.8) is 0 Å². The first-order chi connectivity index (χ1) is 14.7. The Kier molecular flexibility index (Phi) is 8.24. The van der Waals surface area contributed by atoms with Crippen LogP contribution in [0.15, 0.2) is 29.1 Å². The number of likely N-dealkylation sites (N-methyl/N-ethyl adjacent to an activating group) is 1. The van der Waals surface area contributed by atoms with Crippen LogP contribution in [0.5, 0.6) is 5.75 Å². The van der Waals surface area contributed by atoms with E-state index in [9.17, 15) is 19.8 Å². The highest BCUT2D eigenvalue weighted by atomic mass is 35.5. The number of aromatic hydroxyl groups is 1. The minimum absolute atomic E-state index is 0. The third-order valence-electron chi connectivity index (χ3n) is 6.34. The summed E-state index contributed by atoms with van der Waals surface area (Å²) in [7, 11) is 6.26. The van der Waals surface area contributed by atoms with Gasteiger partial charge in [0.15, 0.2) is 5.56 Å². The quantitative estimate of drug-likeness (QED) is 0.484. The summed E-state index contributed by atoms with van der Waals surface area (Å²) < 4.78 is 2.18. The molecule has 4 rings (SSSR count). The number of carboxylic acid groups (broad SMARTS) is 1. The van der Waals surface area contributed by atoms with E-state index >= 15 is 0 Å². The third-order valence-corrected chi connectivity index (χ3v) is 6.34. The standard InChI is InChI=1S/C23H28N4O4.2ClH/c1-5-17-20(24-22(29)19(21(17)28)23(30)31)13-6-7-18-14(8-13)9-15(26(18)4)10-27-11-16(12-27)25(2)3;;/h6-9,16H,5,10-12H2,1-4H3,(H,30,31)(H2,24,28,29);2*1H. The Morgan fingerprint density at radius 1 is 1.21 bits per heavy atom. The molecular weight excluding hydrogens is 467 g/mol. The molecule has 1 saturated heterocycles. The Morgan fingerprint density at radius 3 is 2.45 bits per heavy atom. The number of aromatic carboxylic acids is 1. The maximum absolute atomic E-state index is 12.3. The van der Waals surface area contributed by atoms with Gasteiger partial charge in [-0.1, -0.05) is 13.0 Å². The summed E-state index contributed by atoms with van der Waals surface area (Å²) in [5, 5.41) is 20.7. The number of benzene rings is 1.